The fourth-order valence-corrected chi connectivity index (χ4v) is 3.08. The van der Waals surface area contributed by atoms with Crippen LogP contribution in [0.3, 0.4) is 0 Å². The van der Waals surface area contributed by atoms with E-state index < -0.39 is 11.9 Å². The van der Waals surface area contributed by atoms with Crippen LogP contribution in [0.5, 0.6) is 0 Å². The van der Waals surface area contributed by atoms with Crippen LogP contribution in [0.4, 0.5) is 11.4 Å². The number of anilines is 2. The number of esters is 1. The molecule has 1 aliphatic rings. The maximum absolute atomic E-state index is 12.5. The van der Waals surface area contributed by atoms with Crippen molar-refractivity contribution in [3.8, 4) is 0 Å². The van der Waals surface area contributed by atoms with Crippen LogP contribution >= 0.6 is 0 Å². The Kier molecular flexibility index (Phi) is 5.54. The van der Waals surface area contributed by atoms with E-state index in [4.69, 9.17) is 4.74 Å². The maximum Gasteiger partial charge on any atom is 0.337 e. The molecule has 28 heavy (non-hydrogen) atoms. The lowest BCUT2D eigenvalue weighted by Crippen LogP contribution is -2.28. The zero-order valence-electron chi connectivity index (χ0n) is 15.6. The third-order valence-corrected chi connectivity index (χ3v) is 4.63. The number of rotatable bonds is 5. The second kappa shape index (κ2) is 8.04. The van der Waals surface area contributed by atoms with E-state index >= 15 is 0 Å². The molecule has 0 radical (unpaired) electrons. The number of ketones is 1. The fraction of sp³-hybridized carbons (Fsp3) is 0.238. The minimum absolute atomic E-state index is 0.0518. The maximum atomic E-state index is 12.5. The Morgan fingerprint density at radius 1 is 1.07 bits per heavy atom. The molecule has 3 rings (SSSR count). The largest absolute Gasteiger partial charge is 0.465 e. The first-order valence-corrected chi connectivity index (χ1v) is 8.79. The summed E-state index contributed by atoms with van der Waals surface area (Å²) in [5, 5.41) is 2.78. The SMILES string of the molecule is COC(=O)c1cccc(N2CC(C(=O)Nc3ccc(C(C)=O)cc3)CC2=O)c1. The van der Waals surface area contributed by atoms with Crippen LogP contribution in [0.15, 0.2) is 48.5 Å². The highest BCUT2D eigenvalue weighted by Crippen LogP contribution is 2.27. The Balaban J connectivity index is 1.69. The van der Waals surface area contributed by atoms with Crippen LogP contribution in [-0.2, 0) is 14.3 Å². The number of ether oxygens (including phenoxy) is 1. The minimum Gasteiger partial charge on any atom is -0.465 e. The monoisotopic (exact) mass is 380 g/mol. The van der Waals surface area contributed by atoms with E-state index in [-0.39, 0.29) is 30.6 Å². The highest BCUT2D eigenvalue weighted by atomic mass is 16.5. The van der Waals surface area contributed by atoms with Crippen molar-refractivity contribution in [2.24, 2.45) is 5.92 Å². The number of nitrogens with one attached hydrogen (secondary N) is 1. The van der Waals surface area contributed by atoms with Gasteiger partial charge in [-0.1, -0.05) is 6.07 Å². The van der Waals surface area contributed by atoms with Gasteiger partial charge >= 0.3 is 5.97 Å². The fourth-order valence-electron chi connectivity index (χ4n) is 3.08. The van der Waals surface area contributed by atoms with Gasteiger partial charge in [0.15, 0.2) is 5.78 Å². The zero-order valence-corrected chi connectivity index (χ0v) is 15.6. The summed E-state index contributed by atoms with van der Waals surface area (Å²) in [5.74, 6) is -1.51. The van der Waals surface area contributed by atoms with Gasteiger partial charge in [-0.3, -0.25) is 14.4 Å². The number of carbonyl (C=O) groups excluding carboxylic acids is 4. The lowest BCUT2D eigenvalue weighted by Gasteiger charge is -2.17. The van der Waals surface area contributed by atoms with Crippen LogP contribution in [0.25, 0.3) is 0 Å². The van der Waals surface area contributed by atoms with Gasteiger partial charge in [0, 0.05) is 29.9 Å². The molecule has 7 nitrogen and oxygen atoms in total. The highest BCUT2D eigenvalue weighted by Gasteiger charge is 2.35. The number of methoxy groups -OCH3 is 1. The van der Waals surface area contributed by atoms with E-state index in [1.807, 2.05) is 0 Å². The summed E-state index contributed by atoms with van der Waals surface area (Å²) in [5.41, 5.74) is 2.01. The Hall–Kier alpha value is -3.48. The zero-order chi connectivity index (χ0) is 20.3. The van der Waals surface area contributed by atoms with E-state index in [9.17, 15) is 19.2 Å². The lowest BCUT2D eigenvalue weighted by atomic mass is 10.1. The van der Waals surface area contributed by atoms with E-state index in [2.05, 4.69) is 5.32 Å². The van der Waals surface area contributed by atoms with Crippen molar-refractivity contribution in [3.63, 3.8) is 0 Å². The summed E-state index contributed by atoms with van der Waals surface area (Å²) < 4.78 is 4.70. The number of amides is 2. The van der Waals surface area contributed by atoms with E-state index in [1.165, 1.54) is 18.9 Å². The van der Waals surface area contributed by atoms with Crippen molar-refractivity contribution in [1.82, 2.24) is 0 Å². The van der Waals surface area contributed by atoms with Crippen molar-refractivity contribution < 1.29 is 23.9 Å². The van der Waals surface area contributed by atoms with Gasteiger partial charge in [0.05, 0.1) is 18.6 Å². The first-order chi connectivity index (χ1) is 13.4. The van der Waals surface area contributed by atoms with Gasteiger partial charge in [0.1, 0.15) is 0 Å². The van der Waals surface area contributed by atoms with E-state index in [1.54, 1.807) is 48.5 Å². The molecule has 0 aromatic heterocycles. The van der Waals surface area contributed by atoms with Gasteiger partial charge in [0.25, 0.3) is 0 Å². The molecular weight excluding hydrogens is 360 g/mol. The molecule has 2 amide bonds. The van der Waals surface area contributed by atoms with Crippen molar-refractivity contribution in [2.75, 3.05) is 23.9 Å². The number of hydrogen-bond donors (Lipinski definition) is 1. The van der Waals surface area contributed by atoms with Crippen molar-refractivity contribution in [2.45, 2.75) is 13.3 Å². The second-order valence-corrected chi connectivity index (χ2v) is 6.57. The van der Waals surface area contributed by atoms with Gasteiger partial charge < -0.3 is 15.0 Å². The Morgan fingerprint density at radius 2 is 1.79 bits per heavy atom. The van der Waals surface area contributed by atoms with Crippen molar-refractivity contribution in [3.05, 3.63) is 59.7 Å². The average molecular weight is 380 g/mol. The summed E-state index contributed by atoms with van der Waals surface area (Å²) in [7, 11) is 1.29. The molecule has 1 saturated heterocycles. The second-order valence-electron chi connectivity index (χ2n) is 6.57. The molecule has 1 fully saturated rings. The average Bonchev–Trinajstić information content (AvgIpc) is 3.09. The van der Waals surface area contributed by atoms with E-state index in [0.717, 1.165) is 0 Å². The quantitative estimate of drug-likeness (QED) is 0.636. The van der Waals surface area contributed by atoms with Crippen LogP contribution in [-0.4, -0.2) is 37.2 Å². The number of benzene rings is 2. The molecule has 2 aromatic rings. The molecule has 144 valence electrons. The molecular formula is C21H20N2O5. The summed E-state index contributed by atoms with van der Waals surface area (Å²) >= 11 is 0. The highest BCUT2D eigenvalue weighted by molar-refractivity contribution is 6.04. The first kappa shape index (κ1) is 19.3. The van der Waals surface area contributed by atoms with Gasteiger partial charge in [-0.2, -0.15) is 0 Å². The summed E-state index contributed by atoms with van der Waals surface area (Å²) in [4.78, 5) is 49.5. The number of Topliss-reactive ketones (excluding diaryl/α,β-unsaturated/α-hetero) is 1. The minimum atomic E-state index is -0.512. The number of hydrogen-bond acceptors (Lipinski definition) is 5. The van der Waals surface area contributed by atoms with Gasteiger partial charge in [0.2, 0.25) is 11.8 Å². The molecule has 1 atom stereocenters. The lowest BCUT2D eigenvalue weighted by molar-refractivity contribution is -0.122. The normalized spacial score (nSPS) is 16.0. The molecule has 7 heteroatoms. The Labute approximate surface area is 162 Å². The molecule has 1 heterocycles. The molecule has 0 saturated carbocycles. The van der Waals surface area contributed by atoms with Gasteiger partial charge in [-0.15, -0.1) is 0 Å². The topological polar surface area (TPSA) is 92.8 Å². The molecule has 0 spiro atoms. The van der Waals surface area contributed by atoms with Gasteiger partial charge in [-0.05, 0) is 49.4 Å². The van der Waals surface area contributed by atoms with Crippen molar-refractivity contribution in [1.29, 1.82) is 0 Å². The predicted octanol–water partition coefficient (Wildman–Crippen LogP) is 2.67. The van der Waals surface area contributed by atoms with Crippen LogP contribution < -0.4 is 10.2 Å². The smallest absolute Gasteiger partial charge is 0.337 e. The van der Waals surface area contributed by atoms with Gasteiger partial charge in [-0.25, -0.2) is 4.79 Å². The Bertz CT molecular complexity index is 936. The summed E-state index contributed by atoms with van der Waals surface area (Å²) in [6, 6.07) is 13.1. The third-order valence-electron chi connectivity index (χ3n) is 4.63. The molecule has 2 aromatic carbocycles. The number of carbonyl (C=O) groups is 4. The van der Waals surface area contributed by atoms with Crippen LogP contribution in [0, 0.1) is 5.92 Å². The standard InChI is InChI=1S/C21H20N2O5/c1-13(24)14-6-8-17(9-7-14)22-20(26)16-11-19(25)23(12-16)18-5-3-4-15(10-18)21(27)28-2/h3-10,16H,11-12H2,1-2H3,(H,22,26). The summed E-state index contributed by atoms with van der Waals surface area (Å²) in [6.45, 7) is 1.70. The molecule has 1 aliphatic heterocycles. The molecule has 0 aliphatic carbocycles. The third kappa shape index (κ3) is 4.09. The summed E-state index contributed by atoms with van der Waals surface area (Å²) in [6.07, 6.45) is 0.0831. The first-order valence-electron chi connectivity index (χ1n) is 8.79. The molecule has 1 unspecified atom stereocenters. The predicted molar refractivity (Wildman–Crippen MR) is 103 cm³/mol. The van der Waals surface area contributed by atoms with E-state index in [0.29, 0.717) is 22.5 Å². The van der Waals surface area contributed by atoms with Crippen molar-refractivity contribution >= 4 is 34.9 Å². The molecule has 0 bridgehead atoms. The molecule has 1 N–H and O–H groups in total. The van der Waals surface area contributed by atoms with Crippen LogP contribution in [0.1, 0.15) is 34.1 Å². The number of nitrogens with zero attached hydrogens (tertiary/aromatic N) is 1. The Morgan fingerprint density at radius 3 is 2.43 bits per heavy atom. The van der Waals surface area contributed by atoms with Crippen LogP contribution in [0.2, 0.25) is 0 Å².